The molecule has 0 heterocycles. The Kier molecular flexibility index (Phi) is 31.7. The van der Waals surface area contributed by atoms with Crippen LogP contribution < -0.4 is 0 Å². The minimum atomic E-state index is -0.778. The third-order valence-corrected chi connectivity index (χ3v) is 7.14. The highest BCUT2D eigenvalue weighted by atomic mass is 16.6. The van der Waals surface area contributed by atoms with Gasteiger partial charge in [-0.05, 0) is 51.4 Å². The summed E-state index contributed by atoms with van der Waals surface area (Å²) in [5, 5.41) is 9.50. The highest BCUT2D eigenvalue weighted by Crippen LogP contribution is 2.13. The van der Waals surface area contributed by atoms with Crippen LogP contribution in [0.15, 0.2) is 48.6 Å². The Labute approximate surface area is 258 Å². The van der Waals surface area contributed by atoms with Crippen LogP contribution in [-0.4, -0.2) is 36.4 Å². The van der Waals surface area contributed by atoms with Crippen molar-refractivity contribution in [1.29, 1.82) is 0 Å². The fourth-order valence-electron chi connectivity index (χ4n) is 4.54. The highest BCUT2D eigenvalue weighted by molar-refractivity contribution is 5.70. The molecular weight excluding hydrogens is 524 g/mol. The normalized spacial score (nSPS) is 12.7. The Bertz CT molecular complexity index is 722. The lowest BCUT2D eigenvalue weighted by Gasteiger charge is -2.15. The van der Waals surface area contributed by atoms with Crippen molar-refractivity contribution in [3.05, 3.63) is 48.6 Å². The van der Waals surface area contributed by atoms with Crippen molar-refractivity contribution in [2.45, 2.75) is 161 Å². The van der Waals surface area contributed by atoms with Crippen LogP contribution in [0.2, 0.25) is 0 Å². The molecule has 5 nitrogen and oxygen atoms in total. The van der Waals surface area contributed by atoms with E-state index in [1.54, 1.807) is 0 Å². The van der Waals surface area contributed by atoms with Crippen molar-refractivity contribution < 1.29 is 24.2 Å². The number of hydrogen-bond acceptors (Lipinski definition) is 5. The lowest BCUT2D eigenvalue weighted by atomic mass is 10.1. The summed E-state index contributed by atoms with van der Waals surface area (Å²) in [5.41, 5.74) is 0. The molecule has 0 aromatic rings. The Hall–Kier alpha value is -2.14. The van der Waals surface area contributed by atoms with E-state index in [-0.39, 0.29) is 25.2 Å². The van der Waals surface area contributed by atoms with Crippen molar-refractivity contribution in [3.63, 3.8) is 0 Å². The molecule has 0 aromatic heterocycles. The molecule has 0 saturated carbocycles. The van der Waals surface area contributed by atoms with E-state index in [4.69, 9.17) is 9.47 Å². The van der Waals surface area contributed by atoms with Crippen molar-refractivity contribution in [3.8, 4) is 0 Å². The first-order chi connectivity index (χ1) is 20.6. The van der Waals surface area contributed by atoms with Crippen molar-refractivity contribution in [2.75, 3.05) is 13.2 Å². The standard InChI is InChI=1S/C37H64O5/c1-3-5-7-9-11-13-15-16-17-18-19-20-22-23-25-27-29-31-36(39)41-34-35(33-38)42-37(40)32-30-28-26-24-21-14-12-10-8-6-4-2/h5,7,11,13,16-17,19-20,35,38H,3-4,6,8-10,12,14-15,18,21-34H2,1-2H3/b7-5-,13-11-,17-16-,20-19-/t35-/m0/s1. The van der Waals surface area contributed by atoms with Crippen LogP contribution in [0, 0.1) is 0 Å². The second-order valence-electron chi connectivity index (χ2n) is 11.2. The van der Waals surface area contributed by atoms with Crippen LogP contribution in [0.5, 0.6) is 0 Å². The first-order valence-corrected chi connectivity index (χ1v) is 17.2. The minimum Gasteiger partial charge on any atom is -0.462 e. The summed E-state index contributed by atoms with van der Waals surface area (Å²) in [5.74, 6) is -0.622. The fourth-order valence-corrected chi connectivity index (χ4v) is 4.54. The molecule has 42 heavy (non-hydrogen) atoms. The van der Waals surface area contributed by atoms with Gasteiger partial charge in [-0.1, -0.05) is 140 Å². The number of ether oxygens (including phenoxy) is 2. The van der Waals surface area contributed by atoms with Gasteiger partial charge in [-0.2, -0.15) is 0 Å². The summed E-state index contributed by atoms with van der Waals surface area (Å²) in [6.07, 6.45) is 40.2. The zero-order valence-corrected chi connectivity index (χ0v) is 27.2. The van der Waals surface area contributed by atoms with Gasteiger partial charge in [-0.3, -0.25) is 9.59 Å². The molecule has 1 N–H and O–H groups in total. The molecule has 1 atom stereocenters. The summed E-state index contributed by atoms with van der Waals surface area (Å²) in [6, 6.07) is 0. The van der Waals surface area contributed by atoms with E-state index in [1.165, 1.54) is 51.4 Å². The highest BCUT2D eigenvalue weighted by Gasteiger charge is 2.16. The summed E-state index contributed by atoms with van der Waals surface area (Å²) >= 11 is 0. The maximum Gasteiger partial charge on any atom is 0.306 e. The van der Waals surface area contributed by atoms with Crippen molar-refractivity contribution in [2.24, 2.45) is 0 Å². The van der Waals surface area contributed by atoms with Gasteiger partial charge in [-0.15, -0.1) is 0 Å². The van der Waals surface area contributed by atoms with Gasteiger partial charge in [0.25, 0.3) is 0 Å². The maximum atomic E-state index is 12.1. The molecule has 0 saturated heterocycles. The molecule has 0 spiro atoms. The molecule has 0 bridgehead atoms. The van der Waals surface area contributed by atoms with Crippen molar-refractivity contribution >= 4 is 11.9 Å². The van der Waals surface area contributed by atoms with Crippen LogP contribution in [-0.2, 0) is 19.1 Å². The summed E-state index contributed by atoms with van der Waals surface area (Å²) in [6.45, 7) is 3.97. The number of esters is 2. The number of allylic oxidation sites excluding steroid dienone is 8. The van der Waals surface area contributed by atoms with E-state index in [0.29, 0.717) is 12.8 Å². The monoisotopic (exact) mass is 588 g/mol. The number of carbonyl (C=O) groups is 2. The van der Waals surface area contributed by atoms with E-state index in [2.05, 4.69) is 62.5 Å². The predicted octanol–water partition coefficient (Wildman–Crippen LogP) is 10.3. The van der Waals surface area contributed by atoms with E-state index < -0.39 is 6.10 Å². The second kappa shape index (κ2) is 33.4. The number of aliphatic hydroxyl groups excluding tert-OH is 1. The fraction of sp³-hybridized carbons (Fsp3) is 0.730. The predicted molar refractivity (Wildman–Crippen MR) is 177 cm³/mol. The summed E-state index contributed by atoms with van der Waals surface area (Å²) in [4.78, 5) is 24.1. The first-order valence-electron chi connectivity index (χ1n) is 17.2. The first kappa shape index (κ1) is 39.9. The van der Waals surface area contributed by atoms with Gasteiger partial charge < -0.3 is 14.6 Å². The Morgan fingerprint density at radius 2 is 1.02 bits per heavy atom. The summed E-state index contributed by atoms with van der Waals surface area (Å²) in [7, 11) is 0. The molecule has 5 heteroatoms. The van der Waals surface area contributed by atoms with Gasteiger partial charge >= 0.3 is 11.9 Å². The van der Waals surface area contributed by atoms with Gasteiger partial charge in [0.2, 0.25) is 0 Å². The number of unbranched alkanes of at least 4 members (excludes halogenated alkanes) is 14. The largest absolute Gasteiger partial charge is 0.462 e. The maximum absolute atomic E-state index is 12.1. The molecule has 0 radical (unpaired) electrons. The third kappa shape index (κ3) is 30.8. The second-order valence-corrected chi connectivity index (χ2v) is 11.2. The molecule has 0 aromatic carbocycles. The molecule has 0 fully saturated rings. The lowest BCUT2D eigenvalue weighted by molar-refractivity contribution is -0.161. The van der Waals surface area contributed by atoms with Gasteiger partial charge in [0.1, 0.15) is 6.61 Å². The number of aliphatic hydroxyl groups is 1. The van der Waals surface area contributed by atoms with E-state index >= 15 is 0 Å². The van der Waals surface area contributed by atoms with E-state index in [1.807, 2.05) is 0 Å². The quantitative estimate of drug-likeness (QED) is 0.0513. The smallest absolute Gasteiger partial charge is 0.306 e. The average molecular weight is 589 g/mol. The van der Waals surface area contributed by atoms with Crippen LogP contribution in [0.3, 0.4) is 0 Å². The molecule has 242 valence electrons. The van der Waals surface area contributed by atoms with Gasteiger partial charge in [0.15, 0.2) is 6.10 Å². The van der Waals surface area contributed by atoms with Gasteiger partial charge in [0.05, 0.1) is 6.61 Å². The van der Waals surface area contributed by atoms with Gasteiger partial charge in [0, 0.05) is 12.8 Å². The Morgan fingerprint density at radius 3 is 1.55 bits per heavy atom. The SMILES string of the molecule is CC/C=C\C/C=C\C/C=C\C/C=C\CCCCCCC(=O)OC[C@H](CO)OC(=O)CCCCCCCCCCCCC. The average Bonchev–Trinajstić information content (AvgIpc) is 2.99. The Balaban J connectivity index is 3.64. The molecule has 0 aliphatic rings. The molecule has 0 unspecified atom stereocenters. The molecule has 0 rings (SSSR count). The Morgan fingerprint density at radius 1 is 0.571 bits per heavy atom. The number of carbonyl (C=O) groups excluding carboxylic acids is 2. The van der Waals surface area contributed by atoms with Crippen LogP contribution in [0.4, 0.5) is 0 Å². The zero-order chi connectivity index (χ0) is 30.8. The molecular formula is C37H64O5. The lowest BCUT2D eigenvalue weighted by Crippen LogP contribution is -2.28. The van der Waals surface area contributed by atoms with Crippen LogP contribution in [0.25, 0.3) is 0 Å². The molecule has 0 aliphatic carbocycles. The zero-order valence-electron chi connectivity index (χ0n) is 27.2. The molecule has 0 aliphatic heterocycles. The minimum absolute atomic E-state index is 0.0782. The van der Waals surface area contributed by atoms with E-state index in [9.17, 15) is 14.7 Å². The topological polar surface area (TPSA) is 72.8 Å². The molecule has 0 amide bonds. The summed E-state index contributed by atoms with van der Waals surface area (Å²) < 4.78 is 10.5. The number of hydrogen-bond donors (Lipinski definition) is 1. The third-order valence-electron chi connectivity index (χ3n) is 7.14. The van der Waals surface area contributed by atoms with Crippen molar-refractivity contribution in [1.82, 2.24) is 0 Å². The van der Waals surface area contributed by atoms with Crippen LogP contribution in [0.1, 0.15) is 155 Å². The van der Waals surface area contributed by atoms with Crippen LogP contribution >= 0.6 is 0 Å². The van der Waals surface area contributed by atoms with E-state index in [0.717, 1.165) is 77.0 Å². The van der Waals surface area contributed by atoms with Gasteiger partial charge in [-0.25, -0.2) is 0 Å². The number of rotatable bonds is 30.